The van der Waals surface area contributed by atoms with E-state index in [1.54, 1.807) is 0 Å². The summed E-state index contributed by atoms with van der Waals surface area (Å²) in [5, 5.41) is 0.944. The fraction of sp³-hybridized carbons (Fsp3) is 0.500. The van der Waals surface area contributed by atoms with E-state index in [1.165, 1.54) is 17.7 Å². The minimum Gasteiger partial charge on any atom is -0.325 e. The Bertz CT molecular complexity index is 277. The summed E-state index contributed by atoms with van der Waals surface area (Å²) in [6.45, 7) is 4.51. The molecule has 0 fully saturated rings. The van der Waals surface area contributed by atoms with Gasteiger partial charge in [-0.05, 0) is 12.5 Å². The molecule has 0 saturated heterocycles. The highest BCUT2D eigenvalue weighted by Crippen LogP contribution is 2.12. The fourth-order valence-corrected chi connectivity index (χ4v) is 1.71. The first-order chi connectivity index (χ1) is 6.57. The molecule has 0 aliphatic heterocycles. The van der Waals surface area contributed by atoms with Crippen LogP contribution in [0.2, 0.25) is 0 Å². The van der Waals surface area contributed by atoms with E-state index in [1.807, 2.05) is 0 Å². The van der Waals surface area contributed by atoms with Crippen LogP contribution in [0.4, 0.5) is 0 Å². The van der Waals surface area contributed by atoms with E-state index in [9.17, 15) is 0 Å². The minimum atomic E-state index is 0.944. The van der Waals surface area contributed by atoms with E-state index in [0.29, 0.717) is 0 Å². The number of quaternary nitrogens is 1. The maximum Gasteiger partial charge on any atom is 0.104 e. The lowest BCUT2D eigenvalue weighted by molar-refractivity contribution is -0.901. The van der Waals surface area contributed by atoms with Crippen molar-refractivity contribution in [3.8, 4) is 0 Å². The Labute approximate surface area is 95.5 Å². The number of halogens is 1. The average molecular weight is 257 g/mol. The van der Waals surface area contributed by atoms with Gasteiger partial charge in [-0.1, -0.05) is 40.2 Å². The van der Waals surface area contributed by atoms with Crippen molar-refractivity contribution in [3.05, 3.63) is 35.4 Å². The van der Waals surface area contributed by atoms with Gasteiger partial charge in [-0.3, -0.25) is 0 Å². The Kier molecular flexibility index (Phi) is 4.14. The Balaban J connectivity index is 2.69. The molecule has 0 N–H and O–H groups in total. The zero-order chi connectivity index (χ0) is 10.6. The topological polar surface area (TPSA) is 0 Å². The van der Waals surface area contributed by atoms with Crippen molar-refractivity contribution in [2.45, 2.75) is 18.8 Å². The summed E-state index contributed by atoms with van der Waals surface area (Å²) in [5.74, 6) is 0. The molecule has 78 valence electrons. The molecule has 1 aromatic rings. The van der Waals surface area contributed by atoms with Crippen LogP contribution in [0.3, 0.4) is 0 Å². The molecule has 1 aromatic carbocycles. The quantitative estimate of drug-likeness (QED) is 0.574. The molecule has 0 amide bonds. The van der Waals surface area contributed by atoms with E-state index in [-0.39, 0.29) is 0 Å². The van der Waals surface area contributed by atoms with Crippen molar-refractivity contribution in [1.29, 1.82) is 0 Å². The number of nitrogens with zero attached hydrogens (tertiary/aromatic N) is 1. The summed E-state index contributed by atoms with van der Waals surface area (Å²) in [7, 11) is 4.52. The first-order valence-corrected chi connectivity index (χ1v) is 6.15. The van der Waals surface area contributed by atoms with Crippen LogP contribution in [-0.2, 0) is 11.9 Å². The number of rotatable bonds is 4. The lowest BCUT2D eigenvalue weighted by Crippen LogP contribution is -2.38. The monoisotopic (exact) mass is 256 g/mol. The molecule has 0 aliphatic carbocycles. The van der Waals surface area contributed by atoms with Crippen molar-refractivity contribution in [1.82, 2.24) is 0 Å². The second kappa shape index (κ2) is 4.94. The van der Waals surface area contributed by atoms with Gasteiger partial charge in [0.15, 0.2) is 0 Å². The Morgan fingerprint density at radius 1 is 1.07 bits per heavy atom. The molecule has 0 spiro atoms. The zero-order valence-corrected chi connectivity index (χ0v) is 10.8. The Morgan fingerprint density at radius 2 is 1.57 bits per heavy atom. The van der Waals surface area contributed by atoms with Crippen LogP contribution in [0.25, 0.3) is 0 Å². The van der Waals surface area contributed by atoms with Crippen LogP contribution in [-0.4, -0.2) is 25.1 Å². The predicted molar refractivity (Wildman–Crippen MR) is 65.4 cm³/mol. The van der Waals surface area contributed by atoms with Crippen molar-refractivity contribution in [2.75, 3.05) is 20.6 Å². The predicted octanol–water partition coefficient (Wildman–Crippen LogP) is 3.18. The van der Waals surface area contributed by atoms with Gasteiger partial charge in [0.25, 0.3) is 0 Å². The van der Waals surface area contributed by atoms with Gasteiger partial charge in [0.05, 0.1) is 20.6 Å². The van der Waals surface area contributed by atoms with Crippen LogP contribution in [0.1, 0.15) is 18.1 Å². The molecule has 0 unspecified atom stereocenters. The molecule has 0 radical (unpaired) electrons. The number of benzene rings is 1. The van der Waals surface area contributed by atoms with Crippen molar-refractivity contribution >= 4 is 15.9 Å². The third kappa shape index (κ3) is 3.43. The van der Waals surface area contributed by atoms with E-state index in [4.69, 9.17) is 0 Å². The van der Waals surface area contributed by atoms with Gasteiger partial charge in [-0.2, -0.15) is 0 Å². The summed E-state index contributed by atoms with van der Waals surface area (Å²) in [5.41, 5.74) is 2.76. The summed E-state index contributed by atoms with van der Waals surface area (Å²) >= 11 is 3.45. The highest BCUT2D eigenvalue weighted by atomic mass is 79.9. The summed E-state index contributed by atoms with van der Waals surface area (Å²) in [6, 6.07) is 8.85. The van der Waals surface area contributed by atoms with Crippen LogP contribution in [0, 0.1) is 0 Å². The maximum atomic E-state index is 3.45. The molecule has 2 heteroatoms. The molecule has 0 bridgehead atoms. The van der Waals surface area contributed by atoms with Gasteiger partial charge >= 0.3 is 0 Å². The second-order valence-electron chi connectivity index (χ2n) is 4.36. The van der Waals surface area contributed by atoms with E-state index < -0.39 is 0 Å². The van der Waals surface area contributed by atoms with Crippen LogP contribution in [0.15, 0.2) is 24.3 Å². The number of hydrogen-bond donors (Lipinski definition) is 0. The van der Waals surface area contributed by atoms with Crippen molar-refractivity contribution in [3.63, 3.8) is 0 Å². The van der Waals surface area contributed by atoms with Crippen LogP contribution < -0.4 is 0 Å². The highest BCUT2D eigenvalue weighted by Gasteiger charge is 2.12. The fourth-order valence-electron chi connectivity index (χ4n) is 1.34. The average Bonchev–Trinajstić information content (AvgIpc) is 2.19. The highest BCUT2D eigenvalue weighted by molar-refractivity contribution is 9.08. The molecular formula is C12H19BrN+. The zero-order valence-electron chi connectivity index (χ0n) is 9.26. The van der Waals surface area contributed by atoms with E-state index in [0.717, 1.165) is 16.4 Å². The van der Waals surface area contributed by atoms with Gasteiger partial charge in [0, 0.05) is 10.9 Å². The van der Waals surface area contributed by atoms with E-state index in [2.05, 4.69) is 61.2 Å². The maximum absolute atomic E-state index is 3.45. The molecule has 0 aromatic heterocycles. The number of alkyl halides is 1. The van der Waals surface area contributed by atoms with Crippen molar-refractivity contribution in [2.24, 2.45) is 0 Å². The van der Waals surface area contributed by atoms with Gasteiger partial charge < -0.3 is 4.48 Å². The minimum absolute atomic E-state index is 0.944. The van der Waals surface area contributed by atoms with E-state index >= 15 is 0 Å². The van der Waals surface area contributed by atoms with Crippen LogP contribution in [0.5, 0.6) is 0 Å². The molecule has 0 saturated carbocycles. The molecule has 0 atom stereocenters. The molecule has 1 nitrogen and oxygen atoms in total. The number of hydrogen-bond acceptors (Lipinski definition) is 0. The van der Waals surface area contributed by atoms with Gasteiger partial charge in [0.1, 0.15) is 6.54 Å². The molecule has 0 aliphatic rings. The molecule has 0 heterocycles. The SMILES string of the molecule is CC[N+](C)(C)Cc1ccc(CBr)cc1. The smallest absolute Gasteiger partial charge is 0.104 e. The van der Waals surface area contributed by atoms with Gasteiger partial charge in [-0.25, -0.2) is 0 Å². The molecule has 14 heavy (non-hydrogen) atoms. The third-order valence-electron chi connectivity index (χ3n) is 2.64. The normalized spacial score (nSPS) is 11.7. The largest absolute Gasteiger partial charge is 0.325 e. The summed E-state index contributed by atoms with van der Waals surface area (Å²) in [6.07, 6.45) is 0. The first-order valence-electron chi connectivity index (χ1n) is 5.03. The van der Waals surface area contributed by atoms with Crippen LogP contribution >= 0.6 is 15.9 Å². The third-order valence-corrected chi connectivity index (χ3v) is 3.29. The van der Waals surface area contributed by atoms with Crippen molar-refractivity contribution < 1.29 is 4.48 Å². The summed E-state index contributed by atoms with van der Waals surface area (Å²) in [4.78, 5) is 0. The summed E-state index contributed by atoms with van der Waals surface area (Å²) < 4.78 is 1.05. The Hall–Kier alpha value is -0.340. The van der Waals surface area contributed by atoms with Gasteiger partial charge in [0.2, 0.25) is 0 Å². The van der Waals surface area contributed by atoms with Gasteiger partial charge in [-0.15, -0.1) is 0 Å². The molecular weight excluding hydrogens is 238 g/mol. The standard InChI is InChI=1S/C12H19BrN/c1-4-14(2,3)10-12-7-5-11(9-13)6-8-12/h5-8H,4,9-10H2,1-3H3/q+1. The lowest BCUT2D eigenvalue weighted by atomic mass is 10.1. The first kappa shape index (κ1) is 11.7. The Morgan fingerprint density at radius 3 is 2.00 bits per heavy atom. The molecule has 1 rings (SSSR count). The lowest BCUT2D eigenvalue weighted by Gasteiger charge is -2.28. The second-order valence-corrected chi connectivity index (χ2v) is 4.92.